The monoisotopic (exact) mass is 284 g/mol. The lowest BCUT2D eigenvalue weighted by Crippen LogP contribution is -2.22. The maximum Gasteiger partial charge on any atom is 0.119 e. The summed E-state index contributed by atoms with van der Waals surface area (Å²) >= 11 is 0. The quantitative estimate of drug-likeness (QED) is 0.746. The van der Waals surface area contributed by atoms with Gasteiger partial charge in [0.25, 0.3) is 0 Å². The largest absolute Gasteiger partial charge is 0.497 e. The number of ether oxygens (including phenoxy) is 1. The van der Waals surface area contributed by atoms with Crippen molar-refractivity contribution in [2.75, 3.05) is 7.11 Å². The number of methoxy groups -OCH3 is 1. The molecule has 0 aliphatic heterocycles. The van der Waals surface area contributed by atoms with Crippen molar-refractivity contribution in [1.29, 1.82) is 0 Å². The first kappa shape index (κ1) is 19.0. The number of rotatable bonds is 4. The molecule has 1 aromatic carbocycles. The van der Waals surface area contributed by atoms with Gasteiger partial charge in [0.2, 0.25) is 0 Å². The van der Waals surface area contributed by atoms with E-state index in [1.807, 2.05) is 38.1 Å². The van der Waals surface area contributed by atoms with Crippen LogP contribution in [0.1, 0.15) is 34.6 Å². The summed E-state index contributed by atoms with van der Waals surface area (Å²) in [5.41, 5.74) is 3.42. The van der Waals surface area contributed by atoms with Gasteiger partial charge in [-0.1, -0.05) is 50.8 Å². The first-order valence-electron chi connectivity index (χ1n) is 7.30. The third-order valence-corrected chi connectivity index (χ3v) is 2.85. The fourth-order valence-corrected chi connectivity index (χ4v) is 1.55. The summed E-state index contributed by atoms with van der Waals surface area (Å²) in [6.45, 7) is 18.3. The molecule has 0 atom stereocenters. The second-order valence-electron chi connectivity index (χ2n) is 4.83. The normalized spacial score (nSPS) is 11.3. The van der Waals surface area contributed by atoms with Gasteiger partial charge in [-0.25, -0.2) is 0 Å². The molecule has 114 valence electrons. The van der Waals surface area contributed by atoms with Crippen molar-refractivity contribution in [3.8, 4) is 5.75 Å². The van der Waals surface area contributed by atoms with E-state index in [2.05, 4.69) is 46.1 Å². The van der Waals surface area contributed by atoms with Gasteiger partial charge in [-0.15, -0.1) is 0 Å². The molecule has 0 unspecified atom stereocenters. The zero-order chi connectivity index (χ0) is 16.4. The summed E-state index contributed by atoms with van der Waals surface area (Å²) in [6, 6.07) is 5.86. The zero-order valence-electron chi connectivity index (χ0n) is 14.3. The Balaban J connectivity index is 0.00000191. The van der Waals surface area contributed by atoms with Crippen LogP contribution in [0.3, 0.4) is 0 Å². The van der Waals surface area contributed by atoms with E-state index in [1.54, 1.807) is 7.11 Å². The Morgan fingerprint density at radius 2 is 1.71 bits per heavy atom. The Labute approximate surface area is 129 Å². The van der Waals surface area contributed by atoms with E-state index < -0.39 is 0 Å². The van der Waals surface area contributed by atoms with Crippen LogP contribution >= 0.6 is 0 Å². The second-order valence-corrected chi connectivity index (χ2v) is 4.83. The Morgan fingerprint density at radius 1 is 1.10 bits per heavy atom. The van der Waals surface area contributed by atoms with Crippen LogP contribution in [-0.4, -0.2) is 7.11 Å². The molecule has 0 saturated heterocycles. The second kappa shape index (κ2) is 9.82. The van der Waals surface area contributed by atoms with E-state index in [1.165, 1.54) is 5.57 Å². The van der Waals surface area contributed by atoms with Crippen LogP contribution in [0.25, 0.3) is 12.7 Å². The first-order valence-corrected chi connectivity index (χ1v) is 7.30. The van der Waals surface area contributed by atoms with Crippen molar-refractivity contribution in [3.05, 3.63) is 64.1 Å². The summed E-state index contributed by atoms with van der Waals surface area (Å²) in [7, 11) is 1.66. The minimum Gasteiger partial charge on any atom is -0.497 e. The number of hydrogen-bond donors (Lipinski definition) is 0. The van der Waals surface area contributed by atoms with E-state index >= 15 is 0 Å². The molecule has 0 radical (unpaired) electrons. The Hall–Kier alpha value is -2.02. The lowest BCUT2D eigenvalue weighted by Gasteiger charge is -2.01. The van der Waals surface area contributed by atoms with Gasteiger partial charge in [0, 0.05) is 0 Å². The summed E-state index contributed by atoms with van der Waals surface area (Å²) < 4.78 is 5.17. The Bertz CT molecular complexity index is 626. The molecule has 1 rings (SSSR count). The highest BCUT2D eigenvalue weighted by Gasteiger charge is 1.94. The van der Waals surface area contributed by atoms with Crippen LogP contribution in [0.2, 0.25) is 0 Å². The fourth-order valence-electron chi connectivity index (χ4n) is 1.55. The average molecular weight is 284 g/mol. The van der Waals surface area contributed by atoms with Gasteiger partial charge in [-0.2, -0.15) is 0 Å². The summed E-state index contributed by atoms with van der Waals surface area (Å²) in [5.74, 6) is 0.824. The molecule has 0 spiro atoms. The van der Waals surface area contributed by atoms with Crippen molar-refractivity contribution in [2.45, 2.75) is 34.6 Å². The maximum absolute atomic E-state index is 5.17. The fraction of sp³-hybridized carbons (Fsp3) is 0.300. The SMILES string of the molecule is C=C(/C=c1/ccc(OC)cc1=C)/C(C)=C/C=C(C)C.CC. The molecule has 1 aromatic rings. The lowest BCUT2D eigenvalue weighted by atomic mass is 10.1. The van der Waals surface area contributed by atoms with Crippen molar-refractivity contribution in [1.82, 2.24) is 0 Å². The van der Waals surface area contributed by atoms with Crippen LogP contribution in [0.4, 0.5) is 0 Å². The summed E-state index contributed by atoms with van der Waals surface area (Å²) in [4.78, 5) is 0. The first-order chi connectivity index (χ1) is 9.93. The molecule has 0 aromatic heterocycles. The Morgan fingerprint density at radius 3 is 2.19 bits per heavy atom. The molecule has 1 nitrogen and oxygen atoms in total. The molecule has 0 N–H and O–H groups in total. The highest BCUT2D eigenvalue weighted by Crippen LogP contribution is 2.09. The predicted molar refractivity (Wildman–Crippen MR) is 95.9 cm³/mol. The molecule has 0 saturated carbocycles. The van der Waals surface area contributed by atoms with Crippen molar-refractivity contribution >= 4 is 12.7 Å². The number of hydrogen-bond acceptors (Lipinski definition) is 1. The predicted octanol–water partition coefficient (Wildman–Crippen LogP) is 4.38. The van der Waals surface area contributed by atoms with E-state index in [0.29, 0.717) is 0 Å². The molecule has 0 aliphatic rings. The maximum atomic E-state index is 5.17. The smallest absolute Gasteiger partial charge is 0.119 e. The van der Waals surface area contributed by atoms with Gasteiger partial charge >= 0.3 is 0 Å². The van der Waals surface area contributed by atoms with Gasteiger partial charge in [0.15, 0.2) is 0 Å². The van der Waals surface area contributed by atoms with Gasteiger partial charge in [-0.3, -0.25) is 0 Å². The van der Waals surface area contributed by atoms with Crippen LogP contribution in [0.15, 0.2) is 53.6 Å². The highest BCUT2D eigenvalue weighted by molar-refractivity contribution is 5.56. The summed E-state index contributed by atoms with van der Waals surface area (Å²) in [5, 5.41) is 2.01. The van der Waals surface area contributed by atoms with E-state index in [4.69, 9.17) is 4.74 Å². The molecule has 0 aliphatic carbocycles. The van der Waals surface area contributed by atoms with Gasteiger partial charge < -0.3 is 4.74 Å². The minimum atomic E-state index is 0.824. The van der Waals surface area contributed by atoms with E-state index in [0.717, 1.165) is 27.3 Å². The van der Waals surface area contributed by atoms with Crippen LogP contribution in [-0.2, 0) is 0 Å². The van der Waals surface area contributed by atoms with Crippen molar-refractivity contribution < 1.29 is 4.74 Å². The molecule has 0 amide bonds. The average Bonchev–Trinajstić information content (AvgIpc) is 2.48. The molecular formula is C20H28O. The topological polar surface area (TPSA) is 9.23 Å². The van der Waals surface area contributed by atoms with Crippen LogP contribution < -0.4 is 15.2 Å². The van der Waals surface area contributed by atoms with Crippen LogP contribution in [0, 0.1) is 0 Å². The van der Waals surface area contributed by atoms with Gasteiger partial charge in [0.1, 0.15) is 5.75 Å². The third kappa shape index (κ3) is 6.80. The molecular weight excluding hydrogens is 256 g/mol. The molecule has 1 heteroatoms. The number of benzene rings is 1. The molecule has 0 bridgehead atoms. The minimum absolute atomic E-state index is 0.824. The van der Waals surface area contributed by atoms with Crippen molar-refractivity contribution in [2.24, 2.45) is 0 Å². The van der Waals surface area contributed by atoms with E-state index in [-0.39, 0.29) is 0 Å². The third-order valence-electron chi connectivity index (χ3n) is 2.85. The van der Waals surface area contributed by atoms with Gasteiger partial charge in [-0.05, 0) is 60.6 Å². The lowest BCUT2D eigenvalue weighted by molar-refractivity contribution is 0.414. The number of allylic oxidation sites excluding steroid dienone is 5. The van der Waals surface area contributed by atoms with Crippen molar-refractivity contribution in [3.63, 3.8) is 0 Å². The molecule has 21 heavy (non-hydrogen) atoms. The summed E-state index contributed by atoms with van der Waals surface area (Å²) in [6.07, 6.45) is 6.22. The van der Waals surface area contributed by atoms with Gasteiger partial charge in [0.05, 0.1) is 7.11 Å². The molecule has 0 heterocycles. The zero-order valence-corrected chi connectivity index (χ0v) is 14.3. The van der Waals surface area contributed by atoms with Crippen LogP contribution in [0.5, 0.6) is 5.75 Å². The molecule has 0 fully saturated rings. The van der Waals surface area contributed by atoms with E-state index in [9.17, 15) is 0 Å². The highest BCUT2D eigenvalue weighted by atomic mass is 16.5. The standard InChI is InChI=1S/C18H22O.C2H6/c1-13(2)7-8-14(3)15(4)11-17-9-10-18(19-6)12-16(17)5;1-2/h7-12H,4-5H2,1-3,6H3;1-2H3/b14-8+,17-11-;. The Kier molecular flexibility index (Phi) is 8.87.